The third kappa shape index (κ3) is 9.32. The average Bonchev–Trinajstić information content (AvgIpc) is 3.61. The summed E-state index contributed by atoms with van der Waals surface area (Å²) in [7, 11) is 0. The molecule has 0 spiro atoms. The number of hydrogen-bond acceptors (Lipinski definition) is 6. The van der Waals surface area contributed by atoms with Gasteiger partial charge in [0, 0.05) is 62.2 Å². The van der Waals surface area contributed by atoms with E-state index in [4.69, 9.17) is 4.98 Å². The number of hydrogen-bond donors (Lipinski definition) is 1. The number of benzene rings is 2. The number of aliphatic hydroxyl groups excluding tert-OH is 1. The quantitative estimate of drug-likeness (QED) is 0.0586. The van der Waals surface area contributed by atoms with E-state index in [1.807, 2.05) is 75.8 Å². The van der Waals surface area contributed by atoms with Crippen LogP contribution >= 0.6 is 34.4 Å². The summed E-state index contributed by atoms with van der Waals surface area (Å²) in [6.07, 6.45) is 7.84. The summed E-state index contributed by atoms with van der Waals surface area (Å²) in [5.74, 6) is 0.952. The number of carbonyl (C=O) groups is 1. The molecule has 5 aromatic rings. The number of aromatic nitrogens is 1. The fourth-order valence-electron chi connectivity index (χ4n) is 6.33. The van der Waals surface area contributed by atoms with E-state index in [0.29, 0.717) is 5.92 Å². The van der Waals surface area contributed by atoms with Crippen LogP contribution in [0.1, 0.15) is 118 Å². The Bertz CT molecular complexity index is 2050. The van der Waals surface area contributed by atoms with Crippen LogP contribution in [0, 0.1) is 29.7 Å². The van der Waals surface area contributed by atoms with Gasteiger partial charge in [-0.05, 0) is 101 Å². The second-order valence-corrected chi connectivity index (χ2v) is 19.0. The van der Waals surface area contributed by atoms with E-state index in [-0.39, 0.29) is 47.9 Å². The molecule has 1 radical (unpaired) electrons. The van der Waals surface area contributed by atoms with Crippen molar-refractivity contribution >= 4 is 70.5 Å². The van der Waals surface area contributed by atoms with Gasteiger partial charge in [-0.3, -0.25) is 4.79 Å². The van der Waals surface area contributed by atoms with Crippen molar-refractivity contribution in [2.45, 2.75) is 125 Å². The van der Waals surface area contributed by atoms with Crippen molar-refractivity contribution in [3.63, 3.8) is 0 Å². The van der Waals surface area contributed by atoms with Crippen molar-refractivity contribution in [1.82, 2.24) is 4.98 Å². The minimum atomic E-state index is -0.337. The molecule has 5 rings (SSSR count). The Morgan fingerprint density at radius 3 is 2.10 bits per heavy atom. The van der Waals surface area contributed by atoms with E-state index in [0.717, 1.165) is 43.4 Å². The van der Waals surface area contributed by atoms with Gasteiger partial charge in [-0.15, -0.1) is 52.0 Å². The second kappa shape index (κ2) is 17.9. The molecule has 3 aromatic heterocycles. The molecule has 1 N–H and O–H groups in total. The van der Waals surface area contributed by atoms with Gasteiger partial charge in [0.1, 0.15) is 5.76 Å². The number of carbonyl (C=O) groups excluding carboxylic acids is 1. The molecule has 0 aliphatic heterocycles. The zero-order chi connectivity index (χ0) is 37.9. The minimum absolute atomic E-state index is 0. The molecule has 0 unspecified atom stereocenters. The standard InChI is InChI=1S/C30H30NS3.C15H28O2.Ir/c1-8-32-23-10-9-19(14-22(23)30(5,6)7)29-28-21-16-26-20(18(4)25(34-26)13-17(2)3)15-27(21)33-24(28)11-12-31-29;1-7-14(5,8-2)12(16)11-13(17)15(6,9-3)10-4;/h8,10-12,14-17H,1,13H2,2-7H3;11,16H,7-10H2,1-6H3;/q-1;;/b;12-11-;. The fourth-order valence-corrected chi connectivity index (χ4v) is 9.69. The Balaban J connectivity index is 0.000000347. The smallest absolute Gasteiger partial charge is 0.164 e. The SMILES string of the molecule is C=CSc1c[c-]c(-c2nccc3sc4cc5c(C)c(CC(C)C)sc5cc4c23)cc1C(C)(C)C.CCC(C)(CC)C(=O)/C=C(\O)C(C)(CC)CC.[Ir]. The molecule has 0 aliphatic rings. The molecule has 0 amide bonds. The number of aryl methyl sites for hydroxylation is 1. The van der Waals surface area contributed by atoms with Gasteiger partial charge in [0.2, 0.25) is 0 Å². The normalized spacial score (nSPS) is 12.7. The number of fused-ring (bicyclic) bond motifs is 4. The van der Waals surface area contributed by atoms with Crippen molar-refractivity contribution in [2.75, 3.05) is 0 Å². The van der Waals surface area contributed by atoms with Gasteiger partial charge < -0.3 is 10.1 Å². The fraction of sp³-hybridized carbons (Fsp3) is 0.467. The monoisotopic (exact) mass is 933 g/mol. The van der Waals surface area contributed by atoms with Gasteiger partial charge in [0.05, 0.1) is 0 Å². The van der Waals surface area contributed by atoms with E-state index < -0.39 is 0 Å². The van der Waals surface area contributed by atoms with Gasteiger partial charge >= 0.3 is 0 Å². The van der Waals surface area contributed by atoms with E-state index >= 15 is 0 Å². The minimum Gasteiger partial charge on any atom is -0.512 e. The van der Waals surface area contributed by atoms with Gasteiger partial charge in [0.15, 0.2) is 5.78 Å². The average molecular weight is 933 g/mol. The summed E-state index contributed by atoms with van der Waals surface area (Å²) < 4.78 is 4.00. The third-order valence-corrected chi connectivity index (χ3v) is 14.1. The summed E-state index contributed by atoms with van der Waals surface area (Å²) in [5.41, 5.74) is 4.26. The molecule has 2 aromatic carbocycles. The Morgan fingerprint density at radius 2 is 1.54 bits per heavy atom. The molecule has 0 bridgehead atoms. The molecule has 0 atom stereocenters. The van der Waals surface area contributed by atoms with Crippen LogP contribution < -0.4 is 0 Å². The molecule has 0 saturated carbocycles. The number of thioether (sulfide) groups is 1. The summed E-state index contributed by atoms with van der Waals surface area (Å²) in [6.45, 7) is 29.7. The van der Waals surface area contributed by atoms with Crippen molar-refractivity contribution < 1.29 is 30.0 Å². The topological polar surface area (TPSA) is 50.2 Å². The number of rotatable bonds is 12. The number of nitrogens with zero attached hydrogens (tertiary/aromatic N) is 1. The Hall–Kier alpha value is -2.28. The number of allylic oxidation sites excluding steroid dienone is 2. The van der Waals surface area contributed by atoms with Crippen LogP contribution in [0.3, 0.4) is 0 Å². The van der Waals surface area contributed by atoms with Crippen LogP contribution in [0.2, 0.25) is 0 Å². The van der Waals surface area contributed by atoms with Crippen LogP contribution in [0.15, 0.2) is 65.2 Å². The van der Waals surface area contributed by atoms with Crippen LogP contribution in [0.25, 0.3) is 41.5 Å². The van der Waals surface area contributed by atoms with Crippen LogP contribution in [-0.2, 0) is 36.7 Å². The van der Waals surface area contributed by atoms with Gasteiger partial charge in [-0.25, -0.2) is 0 Å². The molecule has 0 fully saturated rings. The molecule has 283 valence electrons. The van der Waals surface area contributed by atoms with Crippen LogP contribution in [0.5, 0.6) is 0 Å². The molecule has 52 heavy (non-hydrogen) atoms. The van der Waals surface area contributed by atoms with Crippen molar-refractivity contribution in [2.24, 2.45) is 16.7 Å². The van der Waals surface area contributed by atoms with Crippen molar-refractivity contribution in [1.29, 1.82) is 0 Å². The first-order valence-corrected chi connectivity index (χ1v) is 21.0. The predicted octanol–water partition coefficient (Wildman–Crippen LogP) is 14.8. The number of pyridine rings is 1. The summed E-state index contributed by atoms with van der Waals surface area (Å²) in [6, 6.07) is 14.9. The first-order valence-electron chi connectivity index (χ1n) is 18.5. The summed E-state index contributed by atoms with van der Waals surface area (Å²) in [4.78, 5) is 19.8. The Morgan fingerprint density at radius 1 is 0.942 bits per heavy atom. The van der Waals surface area contributed by atoms with Gasteiger partial charge in [0.25, 0.3) is 0 Å². The van der Waals surface area contributed by atoms with Crippen LogP contribution in [-0.4, -0.2) is 15.9 Å². The van der Waals surface area contributed by atoms with Crippen molar-refractivity contribution in [3.8, 4) is 11.3 Å². The summed E-state index contributed by atoms with van der Waals surface area (Å²) >= 11 is 5.50. The van der Waals surface area contributed by atoms with E-state index in [2.05, 4.69) is 84.5 Å². The van der Waals surface area contributed by atoms with Gasteiger partial charge in [-0.2, -0.15) is 11.8 Å². The molecular formula is C45H58IrNO2S3-. The molecule has 3 heterocycles. The summed E-state index contributed by atoms with van der Waals surface area (Å²) in [5, 5.41) is 16.0. The molecule has 0 aliphatic carbocycles. The van der Waals surface area contributed by atoms with Crippen LogP contribution in [0.4, 0.5) is 0 Å². The maximum atomic E-state index is 12.2. The Labute approximate surface area is 339 Å². The zero-order valence-corrected chi connectivity index (χ0v) is 38.1. The number of aliphatic hydroxyl groups is 1. The Kier molecular flexibility index (Phi) is 15.2. The molecule has 7 heteroatoms. The molecular weight excluding hydrogens is 875 g/mol. The third-order valence-electron chi connectivity index (χ3n) is 10.9. The first kappa shape index (κ1) is 44.1. The van der Waals surface area contributed by atoms with E-state index in [1.165, 1.54) is 57.2 Å². The largest absolute Gasteiger partial charge is 0.512 e. The molecule has 3 nitrogen and oxygen atoms in total. The maximum absolute atomic E-state index is 12.2. The maximum Gasteiger partial charge on any atom is 0.164 e. The van der Waals surface area contributed by atoms with E-state index in [1.54, 1.807) is 11.8 Å². The number of thiophene rings is 2. The predicted molar refractivity (Wildman–Crippen MR) is 228 cm³/mol. The molecule has 0 saturated heterocycles. The number of ketones is 1. The zero-order valence-electron chi connectivity index (χ0n) is 33.3. The second-order valence-electron chi connectivity index (χ2n) is 15.8. The first-order chi connectivity index (χ1) is 24.0. The van der Waals surface area contributed by atoms with E-state index in [9.17, 15) is 9.90 Å². The van der Waals surface area contributed by atoms with Crippen molar-refractivity contribution in [3.05, 3.63) is 82.4 Å². The van der Waals surface area contributed by atoms with Gasteiger partial charge in [-0.1, -0.05) is 87.6 Å².